The van der Waals surface area contributed by atoms with E-state index in [-0.39, 0.29) is 24.8 Å². The van der Waals surface area contributed by atoms with Gasteiger partial charge in [-0.05, 0) is 53.7 Å². The molecule has 3 atom stereocenters. The smallest absolute Gasteiger partial charge is 0.391 e. The highest BCUT2D eigenvalue weighted by Gasteiger charge is 2.44. The molecule has 1 aliphatic rings. The predicted molar refractivity (Wildman–Crippen MR) is 74.3 cm³/mol. The molecule has 1 N–H and O–H groups in total. The lowest BCUT2D eigenvalue weighted by Gasteiger charge is -2.35. The molecule has 0 saturated heterocycles. The van der Waals surface area contributed by atoms with Gasteiger partial charge in [-0.25, -0.2) is 0 Å². The topological polar surface area (TPSA) is 25.2 Å². The van der Waals surface area contributed by atoms with Gasteiger partial charge in [0.1, 0.15) is 5.76 Å². The van der Waals surface area contributed by atoms with E-state index in [1.165, 1.54) is 0 Å². The third-order valence-electron chi connectivity index (χ3n) is 4.00. The van der Waals surface area contributed by atoms with Crippen LogP contribution in [-0.4, -0.2) is 12.7 Å². The fraction of sp³-hybridized carbons (Fsp3) is 0.714. The molecule has 114 valence electrons. The standard InChI is InChI=1S/C14H19BrF3NO/c1-2-19-12(13-11(15)6-7-20-13)9-4-3-5-10(8-9)14(16,17)18/h6-7,9-10,12,19H,2-5,8H2,1H3. The summed E-state index contributed by atoms with van der Waals surface area (Å²) in [6, 6.07) is 1.62. The number of hydrogen-bond donors (Lipinski definition) is 1. The van der Waals surface area contributed by atoms with Crippen molar-refractivity contribution < 1.29 is 17.6 Å². The number of alkyl halides is 3. The quantitative estimate of drug-likeness (QED) is 0.818. The van der Waals surface area contributed by atoms with Crippen molar-refractivity contribution in [1.29, 1.82) is 0 Å². The SMILES string of the molecule is CCNC(c1occc1Br)C1CCCC(C(F)(F)F)C1. The molecule has 0 spiro atoms. The van der Waals surface area contributed by atoms with Gasteiger partial charge in [-0.2, -0.15) is 13.2 Å². The van der Waals surface area contributed by atoms with Crippen LogP contribution >= 0.6 is 15.9 Å². The second-order valence-electron chi connectivity index (χ2n) is 5.33. The zero-order valence-electron chi connectivity index (χ0n) is 11.3. The van der Waals surface area contributed by atoms with Gasteiger partial charge in [-0.1, -0.05) is 13.3 Å². The van der Waals surface area contributed by atoms with Crippen LogP contribution in [0, 0.1) is 11.8 Å². The summed E-state index contributed by atoms with van der Waals surface area (Å²) in [5, 5.41) is 3.28. The van der Waals surface area contributed by atoms with E-state index >= 15 is 0 Å². The Hall–Kier alpha value is -0.490. The first-order valence-corrected chi connectivity index (χ1v) is 7.75. The minimum Gasteiger partial charge on any atom is -0.466 e. The Balaban J connectivity index is 2.15. The average molecular weight is 354 g/mol. The summed E-state index contributed by atoms with van der Waals surface area (Å²) in [6.07, 6.45) is -0.678. The van der Waals surface area contributed by atoms with E-state index in [1.54, 1.807) is 12.3 Å². The maximum absolute atomic E-state index is 12.9. The van der Waals surface area contributed by atoms with Crippen LogP contribution in [0.1, 0.15) is 44.4 Å². The first-order valence-electron chi connectivity index (χ1n) is 6.96. The lowest BCUT2D eigenvalue weighted by atomic mass is 9.77. The van der Waals surface area contributed by atoms with Crippen molar-refractivity contribution in [2.45, 2.75) is 44.8 Å². The van der Waals surface area contributed by atoms with E-state index < -0.39 is 12.1 Å². The van der Waals surface area contributed by atoms with Crippen LogP contribution in [0.2, 0.25) is 0 Å². The molecule has 1 aliphatic carbocycles. The van der Waals surface area contributed by atoms with E-state index in [2.05, 4.69) is 21.2 Å². The van der Waals surface area contributed by atoms with Gasteiger partial charge in [0.25, 0.3) is 0 Å². The fourth-order valence-electron chi connectivity index (χ4n) is 3.05. The first kappa shape index (κ1) is 15.9. The number of hydrogen-bond acceptors (Lipinski definition) is 2. The van der Waals surface area contributed by atoms with Crippen LogP contribution in [0.4, 0.5) is 13.2 Å². The molecule has 2 rings (SSSR count). The van der Waals surface area contributed by atoms with Crippen LogP contribution in [0.3, 0.4) is 0 Å². The molecular formula is C14H19BrF3NO. The van der Waals surface area contributed by atoms with Crippen LogP contribution in [0.5, 0.6) is 0 Å². The molecule has 6 heteroatoms. The Morgan fingerprint density at radius 2 is 2.20 bits per heavy atom. The van der Waals surface area contributed by atoms with Crippen molar-refractivity contribution in [3.8, 4) is 0 Å². The van der Waals surface area contributed by atoms with E-state index in [0.717, 1.165) is 10.9 Å². The van der Waals surface area contributed by atoms with Gasteiger partial charge in [0.05, 0.1) is 22.7 Å². The Labute approximate surface area is 125 Å². The third kappa shape index (κ3) is 3.58. The van der Waals surface area contributed by atoms with Crippen molar-refractivity contribution in [2.24, 2.45) is 11.8 Å². The van der Waals surface area contributed by atoms with Gasteiger partial charge in [0, 0.05) is 0 Å². The first-order chi connectivity index (χ1) is 9.43. The molecule has 1 saturated carbocycles. The highest BCUT2D eigenvalue weighted by Crippen LogP contribution is 2.44. The van der Waals surface area contributed by atoms with E-state index in [9.17, 15) is 13.2 Å². The van der Waals surface area contributed by atoms with Gasteiger partial charge in [-0.15, -0.1) is 0 Å². The zero-order chi connectivity index (χ0) is 14.8. The molecule has 3 unspecified atom stereocenters. The Morgan fingerprint density at radius 3 is 2.75 bits per heavy atom. The molecule has 0 amide bonds. The molecule has 1 heterocycles. The highest BCUT2D eigenvalue weighted by molar-refractivity contribution is 9.10. The summed E-state index contributed by atoms with van der Waals surface area (Å²) in [7, 11) is 0. The van der Waals surface area contributed by atoms with Crippen LogP contribution in [0.15, 0.2) is 21.2 Å². The second-order valence-corrected chi connectivity index (χ2v) is 6.19. The molecule has 0 radical (unpaired) electrons. The Kier molecular flexibility index (Phi) is 5.18. The van der Waals surface area contributed by atoms with Gasteiger partial charge >= 0.3 is 6.18 Å². The zero-order valence-corrected chi connectivity index (χ0v) is 12.9. The van der Waals surface area contributed by atoms with Crippen molar-refractivity contribution in [2.75, 3.05) is 6.54 Å². The maximum atomic E-state index is 12.9. The molecule has 2 nitrogen and oxygen atoms in total. The molecule has 20 heavy (non-hydrogen) atoms. The van der Waals surface area contributed by atoms with Crippen LogP contribution in [0.25, 0.3) is 0 Å². The molecule has 0 bridgehead atoms. The average Bonchev–Trinajstić information content (AvgIpc) is 2.81. The van der Waals surface area contributed by atoms with Gasteiger partial charge < -0.3 is 9.73 Å². The number of furan rings is 1. The largest absolute Gasteiger partial charge is 0.466 e. The second kappa shape index (κ2) is 6.52. The van der Waals surface area contributed by atoms with Gasteiger partial charge in [0.15, 0.2) is 0 Å². The normalized spacial score (nSPS) is 25.6. The highest BCUT2D eigenvalue weighted by atomic mass is 79.9. The van der Waals surface area contributed by atoms with Crippen molar-refractivity contribution in [1.82, 2.24) is 5.32 Å². The van der Waals surface area contributed by atoms with E-state index in [0.29, 0.717) is 18.7 Å². The molecule has 1 aromatic rings. The minimum atomic E-state index is -4.09. The predicted octanol–water partition coefficient (Wildman–Crippen LogP) is 5.06. The summed E-state index contributed by atoms with van der Waals surface area (Å²) in [6.45, 7) is 2.65. The van der Waals surface area contributed by atoms with Crippen molar-refractivity contribution >= 4 is 15.9 Å². The molecule has 1 fully saturated rings. The summed E-state index contributed by atoms with van der Waals surface area (Å²) >= 11 is 3.40. The third-order valence-corrected chi connectivity index (χ3v) is 4.66. The lowest BCUT2D eigenvalue weighted by molar-refractivity contribution is -0.186. The van der Waals surface area contributed by atoms with Crippen molar-refractivity contribution in [3.63, 3.8) is 0 Å². The lowest BCUT2D eigenvalue weighted by Crippen LogP contribution is -2.35. The molecular weight excluding hydrogens is 335 g/mol. The van der Waals surface area contributed by atoms with Crippen molar-refractivity contribution in [3.05, 3.63) is 22.6 Å². The van der Waals surface area contributed by atoms with Gasteiger partial charge in [0.2, 0.25) is 0 Å². The summed E-state index contributed by atoms with van der Waals surface area (Å²) in [4.78, 5) is 0. The summed E-state index contributed by atoms with van der Waals surface area (Å²) < 4.78 is 45.1. The van der Waals surface area contributed by atoms with E-state index in [1.807, 2.05) is 6.92 Å². The van der Waals surface area contributed by atoms with Gasteiger partial charge in [-0.3, -0.25) is 0 Å². The Morgan fingerprint density at radius 1 is 1.45 bits per heavy atom. The summed E-state index contributed by atoms with van der Waals surface area (Å²) in [5.41, 5.74) is 0. The van der Waals surface area contributed by atoms with Crippen LogP contribution in [-0.2, 0) is 0 Å². The fourth-order valence-corrected chi connectivity index (χ4v) is 3.50. The van der Waals surface area contributed by atoms with Crippen LogP contribution < -0.4 is 5.32 Å². The van der Waals surface area contributed by atoms with E-state index in [4.69, 9.17) is 4.42 Å². The maximum Gasteiger partial charge on any atom is 0.391 e. The number of halogens is 4. The molecule has 0 aliphatic heterocycles. The molecule has 1 aromatic heterocycles. The summed E-state index contributed by atoms with van der Waals surface area (Å²) in [5.74, 6) is -0.520. The Bertz CT molecular complexity index is 432. The minimum absolute atomic E-state index is 0.0437. The number of nitrogens with one attached hydrogen (secondary N) is 1. The number of rotatable bonds is 4. The molecule has 0 aromatic carbocycles. The monoisotopic (exact) mass is 353 g/mol.